The van der Waals surface area contributed by atoms with Gasteiger partial charge in [0.15, 0.2) is 5.13 Å². The van der Waals surface area contributed by atoms with Gasteiger partial charge in [0.1, 0.15) is 11.3 Å². The van der Waals surface area contributed by atoms with Crippen molar-refractivity contribution in [3.05, 3.63) is 48.0 Å². The number of anilines is 1. The summed E-state index contributed by atoms with van der Waals surface area (Å²) < 4.78 is 12.3. The molecule has 1 aliphatic heterocycles. The third-order valence-electron chi connectivity index (χ3n) is 5.99. The number of hydrogen-bond acceptors (Lipinski definition) is 7. The number of thiazole rings is 1. The molecule has 0 spiro atoms. The van der Waals surface area contributed by atoms with Gasteiger partial charge in [-0.3, -0.25) is 14.6 Å². The Hall–Kier alpha value is -2.13. The number of rotatable bonds is 12. The van der Waals surface area contributed by atoms with E-state index in [1.807, 2.05) is 41.8 Å². The van der Waals surface area contributed by atoms with Crippen LogP contribution in [0.3, 0.4) is 0 Å². The number of hydrogen-bond donors (Lipinski definition) is 0. The summed E-state index contributed by atoms with van der Waals surface area (Å²) in [5, 5.41) is 0.769. The molecule has 0 aliphatic carbocycles. The van der Waals surface area contributed by atoms with Crippen LogP contribution >= 0.6 is 23.1 Å². The lowest BCUT2D eigenvalue weighted by Crippen LogP contribution is -2.39. The standard InChI is InChI=1S/C27H35N3O3S2/c1-3-33-23-7-4-8-24-26(23)28-27(35-24)30(15-6-14-29-16-18-32-19-17-29)25(31)9-5-20-34-22-12-10-21(2)11-13-22/h4,7-8,10-13H,3,5-6,9,14-20H2,1-2H3. The molecule has 0 radical (unpaired) electrons. The average molecular weight is 514 g/mol. The van der Waals surface area contributed by atoms with E-state index in [1.165, 1.54) is 10.5 Å². The Morgan fingerprint density at radius 1 is 1.17 bits per heavy atom. The Morgan fingerprint density at radius 2 is 1.97 bits per heavy atom. The smallest absolute Gasteiger partial charge is 0.228 e. The SMILES string of the molecule is CCOc1cccc2sc(N(CCCN3CCOCC3)C(=O)CCCSc3ccc(C)cc3)nc12. The summed E-state index contributed by atoms with van der Waals surface area (Å²) in [6.45, 7) is 9.80. The highest BCUT2D eigenvalue weighted by Gasteiger charge is 2.21. The number of ether oxygens (including phenoxy) is 2. The molecule has 2 heterocycles. The van der Waals surface area contributed by atoms with E-state index in [-0.39, 0.29) is 5.91 Å². The van der Waals surface area contributed by atoms with E-state index >= 15 is 0 Å². The van der Waals surface area contributed by atoms with Crippen LogP contribution in [0.5, 0.6) is 5.75 Å². The van der Waals surface area contributed by atoms with Crippen molar-refractivity contribution in [3.8, 4) is 5.75 Å². The second-order valence-electron chi connectivity index (χ2n) is 8.65. The van der Waals surface area contributed by atoms with Crippen molar-refractivity contribution in [2.24, 2.45) is 0 Å². The van der Waals surface area contributed by atoms with E-state index in [9.17, 15) is 4.79 Å². The quantitative estimate of drug-likeness (QED) is 0.231. The van der Waals surface area contributed by atoms with Crippen LogP contribution in [0.15, 0.2) is 47.4 Å². The lowest BCUT2D eigenvalue weighted by atomic mass is 10.2. The Balaban J connectivity index is 1.40. The lowest BCUT2D eigenvalue weighted by molar-refractivity contribution is -0.118. The van der Waals surface area contributed by atoms with Gasteiger partial charge in [-0.1, -0.05) is 35.1 Å². The zero-order valence-electron chi connectivity index (χ0n) is 20.7. The summed E-state index contributed by atoms with van der Waals surface area (Å²) in [6, 6.07) is 14.5. The minimum atomic E-state index is 0.147. The third-order valence-corrected chi connectivity index (χ3v) is 8.13. The van der Waals surface area contributed by atoms with Gasteiger partial charge in [-0.2, -0.15) is 0 Å². The lowest BCUT2D eigenvalue weighted by Gasteiger charge is -2.27. The maximum atomic E-state index is 13.4. The van der Waals surface area contributed by atoms with Gasteiger partial charge in [0.25, 0.3) is 0 Å². The second-order valence-corrected chi connectivity index (χ2v) is 10.8. The molecule has 0 saturated carbocycles. The van der Waals surface area contributed by atoms with Crippen LogP contribution in [-0.4, -0.2) is 67.5 Å². The Kier molecular flexibility index (Phi) is 9.83. The minimum Gasteiger partial charge on any atom is -0.492 e. The summed E-state index contributed by atoms with van der Waals surface area (Å²) in [7, 11) is 0. The Labute approximate surface area is 216 Å². The number of carbonyl (C=O) groups excluding carboxylic acids is 1. The van der Waals surface area contributed by atoms with Gasteiger partial charge < -0.3 is 9.47 Å². The molecule has 1 saturated heterocycles. The van der Waals surface area contributed by atoms with Crippen molar-refractivity contribution in [3.63, 3.8) is 0 Å². The van der Waals surface area contributed by atoms with Gasteiger partial charge in [-0.05, 0) is 56.7 Å². The van der Waals surface area contributed by atoms with E-state index in [1.54, 1.807) is 11.3 Å². The fraction of sp³-hybridized carbons (Fsp3) is 0.481. The van der Waals surface area contributed by atoms with Crippen molar-refractivity contribution >= 4 is 44.4 Å². The summed E-state index contributed by atoms with van der Waals surface area (Å²) in [6.07, 6.45) is 2.27. The van der Waals surface area contributed by atoms with Crippen LogP contribution < -0.4 is 9.64 Å². The first-order chi connectivity index (χ1) is 17.1. The maximum absolute atomic E-state index is 13.4. The fourth-order valence-corrected chi connectivity index (χ4v) is 5.97. The second kappa shape index (κ2) is 13.3. The molecular formula is C27H35N3O3S2. The molecule has 8 heteroatoms. The average Bonchev–Trinajstić information content (AvgIpc) is 3.31. The fourth-order valence-electron chi connectivity index (χ4n) is 4.09. The monoisotopic (exact) mass is 513 g/mol. The summed E-state index contributed by atoms with van der Waals surface area (Å²) in [4.78, 5) is 23.8. The van der Waals surface area contributed by atoms with Gasteiger partial charge in [0, 0.05) is 37.5 Å². The number of nitrogens with zero attached hydrogens (tertiary/aromatic N) is 3. The van der Waals surface area contributed by atoms with Crippen molar-refractivity contribution in [2.75, 3.05) is 56.7 Å². The van der Waals surface area contributed by atoms with E-state index in [2.05, 4.69) is 36.1 Å². The number of aromatic nitrogens is 1. The largest absolute Gasteiger partial charge is 0.492 e. The van der Waals surface area contributed by atoms with Gasteiger partial charge in [0.05, 0.1) is 24.5 Å². The van der Waals surface area contributed by atoms with Crippen LogP contribution in [0, 0.1) is 6.92 Å². The van der Waals surface area contributed by atoms with Crippen LogP contribution in [0.25, 0.3) is 10.2 Å². The van der Waals surface area contributed by atoms with Crippen LogP contribution in [0.4, 0.5) is 5.13 Å². The number of fused-ring (bicyclic) bond motifs is 1. The van der Waals surface area contributed by atoms with Crippen molar-refractivity contribution in [1.29, 1.82) is 0 Å². The number of morpholine rings is 1. The minimum absolute atomic E-state index is 0.147. The zero-order valence-corrected chi connectivity index (χ0v) is 22.3. The number of benzene rings is 2. The molecule has 35 heavy (non-hydrogen) atoms. The van der Waals surface area contributed by atoms with Crippen LogP contribution in [-0.2, 0) is 9.53 Å². The predicted molar refractivity (Wildman–Crippen MR) is 146 cm³/mol. The predicted octanol–water partition coefficient (Wildman–Crippen LogP) is 5.63. The van der Waals surface area contributed by atoms with Crippen molar-refractivity contribution < 1.29 is 14.3 Å². The Bertz CT molecular complexity index is 1080. The highest BCUT2D eigenvalue weighted by molar-refractivity contribution is 7.99. The molecule has 1 amide bonds. The number of amides is 1. The molecule has 0 unspecified atom stereocenters. The summed E-state index contributed by atoms with van der Waals surface area (Å²) >= 11 is 3.38. The molecule has 0 atom stereocenters. The first-order valence-electron chi connectivity index (χ1n) is 12.5. The highest BCUT2D eigenvalue weighted by atomic mass is 32.2. The Morgan fingerprint density at radius 3 is 2.74 bits per heavy atom. The molecule has 188 valence electrons. The zero-order chi connectivity index (χ0) is 24.5. The highest BCUT2D eigenvalue weighted by Crippen LogP contribution is 2.34. The molecule has 0 N–H and O–H groups in total. The molecule has 6 nitrogen and oxygen atoms in total. The van der Waals surface area contributed by atoms with Crippen LogP contribution in [0.2, 0.25) is 0 Å². The molecule has 0 bridgehead atoms. The molecule has 1 aromatic heterocycles. The maximum Gasteiger partial charge on any atom is 0.228 e. The van der Waals surface area contributed by atoms with E-state index in [0.717, 1.165) is 72.5 Å². The first-order valence-corrected chi connectivity index (χ1v) is 14.3. The van der Waals surface area contributed by atoms with Crippen LogP contribution in [0.1, 0.15) is 31.7 Å². The molecular weight excluding hydrogens is 478 g/mol. The first kappa shape index (κ1) is 25.9. The normalized spacial score (nSPS) is 14.3. The van der Waals surface area contributed by atoms with Gasteiger partial charge in [-0.15, -0.1) is 11.8 Å². The van der Waals surface area contributed by atoms with Gasteiger partial charge in [0.2, 0.25) is 5.91 Å². The topological polar surface area (TPSA) is 54.9 Å². The molecule has 1 fully saturated rings. The summed E-state index contributed by atoms with van der Waals surface area (Å²) in [5.74, 6) is 1.85. The number of thioether (sulfide) groups is 1. The third kappa shape index (κ3) is 7.43. The van der Waals surface area contributed by atoms with Crippen molar-refractivity contribution in [2.45, 2.75) is 38.0 Å². The van der Waals surface area contributed by atoms with E-state index < -0.39 is 0 Å². The number of aryl methyl sites for hydroxylation is 1. The molecule has 3 aromatic rings. The number of carbonyl (C=O) groups is 1. The molecule has 4 rings (SSSR count). The van der Waals surface area contributed by atoms with Gasteiger partial charge in [-0.25, -0.2) is 4.98 Å². The van der Waals surface area contributed by atoms with Gasteiger partial charge >= 0.3 is 0 Å². The van der Waals surface area contributed by atoms with E-state index in [0.29, 0.717) is 19.6 Å². The molecule has 1 aliphatic rings. The number of para-hydroxylation sites is 1. The summed E-state index contributed by atoms with van der Waals surface area (Å²) in [5.41, 5.74) is 2.11. The van der Waals surface area contributed by atoms with E-state index in [4.69, 9.17) is 14.5 Å². The van der Waals surface area contributed by atoms with Crippen molar-refractivity contribution in [1.82, 2.24) is 9.88 Å². The molecule has 2 aromatic carbocycles.